The van der Waals surface area contributed by atoms with Gasteiger partial charge in [0.25, 0.3) is 0 Å². The zero-order valence-electron chi connectivity index (χ0n) is 8.36. The van der Waals surface area contributed by atoms with Crippen LogP contribution >= 0.6 is 0 Å². The highest BCUT2D eigenvalue weighted by Crippen LogP contribution is 2.32. The molecule has 1 atom stereocenters. The monoisotopic (exact) mass is 159 g/mol. The minimum atomic E-state index is -0.573. The molecular weight excluding hydrogens is 138 g/mol. The van der Waals surface area contributed by atoms with Crippen LogP contribution in [-0.2, 0) is 0 Å². The smallest absolute Gasteiger partial charge is 0.0679 e. The van der Waals surface area contributed by atoms with Crippen LogP contribution in [0.2, 0.25) is 0 Å². The first-order valence-corrected chi connectivity index (χ1v) is 4.18. The van der Waals surface area contributed by atoms with Crippen molar-refractivity contribution in [3.63, 3.8) is 0 Å². The Balaban J connectivity index is 4.00. The van der Waals surface area contributed by atoms with E-state index in [4.69, 9.17) is 0 Å². The lowest BCUT2D eigenvalue weighted by Crippen LogP contribution is -2.41. The second kappa shape index (κ2) is 3.55. The molecule has 2 N–H and O–H groups in total. The Bertz CT molecular complexity index is 113. The van der Waals surface area contributed by atoms with Gasteiger partial charge in [-0.3, -0.25) is 0 Å². The molecule has 11 heavy (non-hydrogen) atoms. The predicted octanol–water partition coefficient (Wildman–Crippen LogP) is 1.39. The van der Waals surface area contributed by atoms with E-state index in [1.807, 2.05) is 14.0 Å². The predicted molar refractivity (Wildman–Crippen MR) is 48.6 cm³/mol. The summed E-state index contributed by atoms with van der Waals surface area (Å²) in [4.78, 5) is 0. The van der Waals surface area contributed by atoms with Crippen LogP contribution < -0.4 is 5.32 Å². The maximum absolute atomic E-state index is 9.94. The molecule has 0 aromatic carbocycles. The number of hydrogen-bond acceptors (Lipinski definition) is 2. The van der Waals surface area contributed by atoms with Crippen molar-refractivity contribution in [3.05, 3.63) is 0 Å². The van der Waals surface area contributed by atoms with Gasteiger partial charge in [0, 0.05) is 0 Å². The second-order valence-electron chi connectivity index (χ2n) is 4.38. The van der Waals surface area contributed by atoms with Crippen molar-refractivity contribution in [1.29, 1.82) is 0 Å². The molecule has 68 valence electrons. The summed E-state index contributed by atoms with van der Waals surface area (Å²) < 4.78 is 0. The van der Waals surface area contributed by atoms with Crippen LogP contribution in [0, 0.1) is 5.41 Å². The highest BCUT2D eigenvalue weighted by Gasteiger charge is 2.34. The molecule has 0 aromatic heterocycles. The average molecular weight is 159 g/mol. The van der Waals surface area contributed by atoms with Gasteiger partial charge in [0.1, 0.15) is 0 Å². The summed E-state index contributed by atoms with van der Waals surface area (Å²) in [5.41, 5.74) is -0.611. The fraction of sp³-hybridized carbons (Fsp3) is 1.00. The molecule has 1 unspecified atom stereocenters. The highest BCUT2D eigenvalue weighted by molar-refractivity contribution is 4.86. The molecule has 0 rings (SSSR count). The average Bonchev–Trinajstić information content (AvgIpc) is 1.81. The number of hydrogen-bond donors (Lipinski definition) is 2. The largest absolute Gasteiger partial charge is 0.390 e. The lowest BCUT2D eigenvalue weighted by Gasteiger charge is -2.37. The summed E-state index contributed by atoms with van der Waals surface area (Å²) in [6.07, 6.45) is 0.799. The Hall–Kier alpha value is -0.0800. The number of rotatable bonds is 3. The van der Waals surface area contributed by atoms with Crippen LogP contribution in [0.1, 0.15) is 34.1 Å². The SMILES string of the molecule is CNCCC(C)(O)C(C)(C)C. The fourth-order valence-electron chi connectivity index (χ4n) is 0.743. The van der Waals surface area contributed by atoms with E-state index in [1.54, 1.807) is 0 Å². The number of aliphatic hydroxyl groups is 1. The van der Waals surface area contributed by atoms with Crippen molar-refractivity contribution < 1.29 is 5.11 Å². The maximum Gasteiger partial charge on any atom is 0.0679 e. The lowest BCUT2D eigenvalue weighted by atomic mass is 9.76. The van der Waals surface area contributed by atoms with Crippen LogP contribution in [0.25, 0.3) is 0 Å². The van der Waals surface area contributed by atoms with Crippen LogP contribution in [-0.4, -0.2) is 24.3 Å². The second-order valence-corrected chi connectivity index (χ2v) is 4.38. The first-order chi connectivity index (χ1) is 4.81. The van der Waals surface area contributed by atoms with E-state index in [2.05, 4.69) is 26.1 Å². The van der Waals surface area contributed by atoms with E-state index in [-0.39, 0.29) is 5.41 Å². The molecule has 0 aliphatic rings. The van der Waals surface area contributed by atoms with Crippen molar-refractivity contribution in [2.24, 2.45) is 5.41 Å². The van der Waals surface area contributed by atoms with Gasteiger partial charge in [-0.25, -0.2) is 0 Å². The van der Waals surface area contributed by atoms with Crippen LogP contribution in [0.3, 0.4) is 0 Å². The summed E-state index contributed by atoms with van der Waals surface area (Å²) in [6, 6.07) is 0. The molecule has 0 aliphatic carbocycles. The Kier molecular flexibility index (Phi) is 3.52. The minimum Gasteiger partial charge on any atom is -0.390 e. The Morgan fingerprint density at radius 1 is 1.18 bits per heavy atom. The topological polar surface area (TPSA) is 32.3 Å². The summed E-state index contributed by atoms with van der Waals surface area (Å²) in [7, 11) is 1.90. The van der Waals surface area contributed by atoms with E-state index >= 15 is 0 Å². The standard InChI is InChI=1S/C9H21NO/c1-8(2,3)9(4,11)6-7-10-5/h10-11H,6-7H2,1-5H3. The van der Waals surface area contributed by atoms with Gasteiger partial charge in [0.05, 0.1) is 5.60 Å². The third kappa shape index (κ3) is 3.21. The molecule has 0 saturated heterocycles. The Morgan fingerprint density at radius 2 is 1.64 bits per heavy atom. The van der Waals surface area contributed by atoms with Crippen LogP contribution in [0.15, 0.2) is 0 Å². The molecule has 0 spiro atoms. The van der Waals surface area contributed by atoms with E-state index in [0.717, 1.165) is 13.0 Å². The van der Waals surface area contributed by atoms with Gasteiger partial charge in [-0.2, -0.15) is 0 Å². The van der Waals surface area contributed by atoms with Gasteiger partial charge >= 0.3 is 0 Å². The van der Waals surface area contributed by atoms with Crippen LogP contribution in [0.5, 0.6) is 0 Å². The third-order valence-corrected chi connectivity index (χ3v) is 2.48. The van der Waals surface area contributed by atoms with Crippen molar-refractivity contribution >= 4 is 0 Å². The molecule has 2 nitrogen and oxygen atoms in total. The molecule has 0 radical (unpaired) electrons. The van der Waals surface area contributed by atoms with Crippen LogP contribution in [0.4, 0.5) is 0 Å². The molecule has 2 heteroatoms. The molecule has 0 heterocycles. The Labute approximate surface area is 70.0 Å². The summed E-state index contributed by atoms with van der Waals surface area (Å²) in [6.45, 7) is 8.93. The lowest BCUT2D eigenvalue weighted by molar-refractivity contribution is -0.0470. The molecule has 0 saturated carbocycles. The molecule has 0 aromatic rings. The van der Waals surface area contributed by atoms with Crippen molar-refractivity contribution in [3.8, 4) is 0 Å². The quantitative estimate of drug-likeness (QED) is 0.652. The number of nitrogens with one attached hydrogen (secondary N) is 1. The van der Waals surface area contributed by atoms with Gasteiger partial charge in [-0.15, -0.1) is 0 Å². The Morgan fingerprint density at radius 3 is 1.91 bits per heavy atom. The third-order valence-electron chi connectivity index (χ3n) is 2.48. The van der Waals surface area contributed by atoms with E-state index < -0.39 is 5.60 Å². The summed E-state index contributed by atoms with van der Waals surface area (Å²) in [5, 5.41) is 13.0. The van der Waals surface area contributed by atoms with Crippen molar-refractivity contribution in [2.45, 2.75) is 39.7 Å². The molecule has 0 amide bonds. The maximum atomic E-state index is 9.94. The van der Waals surface area contributed by atoms with E-state index in [0.29, 0.717) is 0 Å². The van der Waals surface area contributed by atoms with Gasteiger partial charge in [-0.05, 0) is 32.4 Å². The zero-order valence-corrected chi connectivity index (χ0v) is 8.36. The first-order valence-electron chi connectivity index (χ1n) is 4.18. The van der Waals surface area contributed by atoms with E-state index in [1.165, 1.54) is 0 Å². The molecule has 0 fully saturated rings. The van der Waals surface area contributed by atoms with Gasteiger partial charge in [0.15, 0.2) is 0 Å². The molecule has 0 aliphatic heterocycles. The minimum absolute atomic E-state index is 0.0378. The van der Waals surface area contributed by atoms with Gasteiger partial charge < -0.3 is 10.4 Å². The van der Waals surface area contributed by atoms with Gasteiger partial charge in [-0.1, -0.05) is 20.8 Å². The molecule has 0 bridgehead atoms. The summed E-state index contributed by atoms with van der Waals surface area (Å²) >= 11 is 0. The zero-order chi connectivity index (χ0) is 9.12. The first kappa shape index (κ1) is 10.9. The molecular formula is C9H21NO. The van der Waals surface area contributed by atoms with Gasteiger partial charge in [0.2, 0.25) is 0 Å². The fourth-order valence-corrected chi connectivity index (χ4v) is 0.743. The van der Waals surface area contributed by atoms with Crippen molar-refractivity contribution in [1.82, 2.24) is 5.32 Å². The van der Waals surface area contributed by atoms with E-state index in [9.17, 15) is 5.11 Å². The summed E-state index contributed by atoms with van der Waals surface area (Å²) in [5.74, 6) is 0. The van der Waals surface area contributed by atoms with Crippen molar-refractivity contribution in [2.75, 3.05) is 13.6 Å². The highest BCUT2D eigenvalue weighted by atomic mass is 16.3. The normalized spacial score (nSPS) is 18.0.